The number of rotatable bonds is 5. The highest BCUT2D eigenvalue weighted by Gasteiger charge is 2.09. The quantitative estimate of drug-likeness (QED) is 0.315. The SMILES string of the molecule is O=C(NN=Cc1ccc(OC(=O)c2cccc(F)c2)cc1)c1cccc(F)c1. The lowest BCUT2D eigenvalue weighted by atomic mass is 10.2. The summed E-state index contributed by atoms with van der Waals surface area (Å²) in [5.41, 5.74) is 3.17. The van der Waals surface area contributed by atoms with Gasteiger partial charge in [0.05, 0.1) is 11.8 Å². The second-order valence-corrected chi connectivity index (χ2v) is 5.68. The maximum Gasteiger partial charge on any atom is 0.343 e. The second kappa shape index (κ2) is 8.68. The first-order chi connectivity index (χ1) is 13.5. The van der Waals surface area contributed by atoms with Gasteiger partial charge in [-0.3, -0.25) is 4.79 Å². The summed E-state index contributed by atoms with van der Waals surface area (Å²) in [5.74, 6) is -1.99. The molecule has 0 aliphatic carbocycles. The third-order valence-electron chi connectivity index (χ3n) is 3.62. The molecule has 7 heteroatoms. The lowest BCUT2D eigenvalue weighted by molar-refractivity contribution is 0.0734. The molecule has 1 amide bonds. The normalized spacial score (nSPS) is 10.6. The first-order valence-electron chi connectivity index (χ1n) is 8.18. The lowest BCUT2D eigenvalue weighted by Crippen LogP contribution is -2.17. The fourth-order valence-corrected chi connectivity index (χ4v) is 2.26. The van der Waals surface area contributed by atoms with Gasteiger partial charge in [-0.05, 0) is 66.2 Å². The van der Waals surface area contributed by atoms with Crippen molar-refractivity contribution in [3.05, 3.63) is 101 Å². The number of esters is 1. The molecule has 0 bridgehead atoms. The number of nitrogens with one attached hydrogen (secondary N) is 1. The van der Waals surface area contributed by atoms with Crippen molar-refractivity contribution in [2.45, 2.75) is 0 Å². The molecule has 0 aromatic heterocycles. The number of carbonyl (C=O) groups excluding carboxylic acids is 2. The molecule has 0 spiro atoms. The van der Waals surface area contributed by atoms with Crippen LogP contribution in [0, 0.1) is 11.6 Å². The van der Waals surface area contributed by atoms with Crippen molar-refractivity contribution in [3.8, 4) is 5.75 Å². The zero-order valence-electron chi connectivity index (χ0n) is 14.4. The predicted molar refractivity (Wildman–Crippen MR) is 99.3 cm³/mol. The number of carbonyl (C=O) groups is 2. The lowest BCUT2D eigenvalue weighted by Gasteiger charge is -2.04. The summed E-state index contributed by atoms with van der Waals surface area (Å²) in [7, 11) is 0. The minimum Gasteiger partial charge on any atom is -0.423 e. The van der Waals surface area contributed by atoms with Crippen LogP contribution in [-0.2, 0) is 0 Å². The van der Waals surface area contributed by atoms with Crippen molar-refractivity contribution in [1.29, 1.82) is 0 Å². The van der Waals surface area contributed by atoms with Crippen LogP contribution in [0.25, 0.3) is 0 Å². The number of hydrogen-bond donors (Lipinski definition) is 1. The fraction of sp³-hybridized carbons (Fsp3) is 0. The van der Waals surface area contributed by atoms with E-state index in [2.05, 4.69) is 10.5 Å². The van der Waals surface area contributed by atoms with E-state index in [9.17, 15) is 18.4 Å². The van der Waals surface area contributed by atoms with Crippen molar-refractivity contribution in [2.24, 2.45) is 5.10 Å². The van der Waals surface area contributed by atoms with Crippen molar-refractivity contribution >= 4 is 18.1 Å². The maximum atomic E-state index is 13.2. The van der Waals surface area contributed by atoms with Crippen LogP contribution in [0.3, 0.4) is 0 Å². The van der Waals surface area contributed by atoms with Crippen LogP contribution >= 0.6 is 0 Å². The molecule has 0 unspecified atom stereocenters. The molecular weight excluding hydrogens is 366 g/mol. The number of benzene rings is 3. The van der Waals surface area contributed by atoms with Gasteiger partial charge in [-0.25, -0.2) is 19.0 Å². The van der Waals surface area contributed by atoms with Crippen LogP contribution in [0.15, 0.2) is 77.9 Å². The topological polar surface area (TPSA) is 67.8 Å². The smallest absolute Gasteiger partial charge is 0.343 e. The number of amides is 1. The Morgan fingerprint density at radius 1 is 0.857 bits per heavy atom. The van der Waals surface area contributed by atoms with Crippen LogP contribution in [0.4, 0.5) is 8.78 Å². The zero-order chi connectivity index (χ0) is 19.9. The minimum atomic E-state index is -0.678. The zero-order valence-corrected chi connectivity index (χ0v) is 14.4. The van der Waals surface area contributed by atoms with Crippen LogP contribution in [-0.4, -0.2) is 18.1 Å². The molecule has 3 aromatic rings. The summed E-state index contributed by atoms with van der Waals surface area (Å²) in [5, 5.41) is 3.80. The van der Waals surface area contributed by atoms with Gasteiger partial charge in [0, 0.05) is 5.56 Å². The number of nitrogens with zero attached hydrogens (tertiary/aromatic N) is 1. The van der Waals surface area contributed by atoms with Crippen LogP contribution in [0.1, 0.15) is 26.3 Å². The van der Waals surface area contributed by atoms with Gasteiger partial charge >= 0.3 is 5.97 Å². The van der Waals surface area contributed by atoms with E-state index >= 15 is 0 Å². The van der Waals surface area contributed by atoms with Gasteiger partial charge in [0.2, 0.25) is 0 Å². The average Bonchev–Trinajstić information content (AvgIpc) is 2.69. The molecule has 0 saturated carbocycles. The van der Waals surface area contributed by atoms with Crippen molar-refractivity contribution in [1.82, 2.24) is 5.43 Å². The Morgan fingerprint density at radius 3 is 2.11 bits per heavy atom. The standard InChI is InChI=1S/C21H14F2N2O3/c22-17-5-1-3-15(11-17)20(26)25-24-13-14-7-9-19(10-8-14)28-21(27)16-4-2-6-18(23)12-16/h1-13H,(H,25,26). The summed E-state index contributed by atoms with van der Waals surface area (Å²) >= 11 is 0. The Labute approximate surface area is 159 Å². The molecule has 0 aliphatic rings. The van der Waals surface area contributed by atoms with Crippen LogP contribution in [0.5, 0.6) is 5.75 Å². The molecule has 0 fully saturated rings. The highest BCUT2D eigenvalue weighted by molar-refractivity contribution is 5.95. The largest absolute Gasteiger partial charge is 0.423 e. The molecule has 1 N–H and O–H groups in total. The van der Waals surface area contributed by atoms with Crippen molar-refractivity contribution in [3.63, 3.8) is 0 Å². The number of ether oxygens (including phenoxy) is 1. The predicted octanol–water partition coefficient (Wildman–Crippen LogP) is 3.95. The molecule has 0 aliphatic heterocycles. The van der Waals surface area contributed by atoms with E-state index < -0.39 is 23.5 Å². The first kappa shape index (κ1) is 18.9. The summed E-state index contributed by atoms with van der Waals surface area (Å²) < 4.78 is 31.4. The van der Waals surface area contributed by atoms with Crippen LogP contribution in [0.2, 0.25) is 0 Å². The van der Waals surface area contributed by atoms with Crippen molar-refractivity contribution < 1.29 is 23.1 Å². The number of hydrogen-bond acceptors (Lipinski definition) is 4. The monoisotopic (exact) mass is 380 g/mol. The Balaban J connectivity index is 1.57. The van der Waals surface area contributed by atoms with E-state index in [0.29, 0.717) is 5.56 Å². The molecular formula is C21H14F2N2O3. The molecule has 140 valence electrons. The minimum absolute atomic E-state index is 0.103. The molecule has 0 atom stereocenters. The van der Waals surface area contributed by atoms with Gasteiger partial charge in [0.25, 0.3) is 5.91 Å². The Kier molecular flexibility index (Phi) is 5.86. The van der Waals surface area contributed by atoms with Crippen LogP contribution < -0.4 is 10.2 Å². The maximum absolute atomic E-state index is 13.2. The average molecular weight is 380 g/mol. The summed E-state index contributed by atoms with van der Waals surface area (Å²) in [6.07, 6.45) is 1.38. The summed E-state index contributed by atoms with van der Waals surface area (Å²) in [4.78, 5) is 23.8. The van der Waals surface area contributed by atoms with E-state index in [4.69, 9.17) is 4.74 Å². The van der Waals surface area contributed by atoms with Gasteiger partial charge in [0.15, 0.2) is 0 Å². The van der Waals surface area contributed by atoms with E-state index in [1.54, 1.807) is 12.1 Å². The van der Waals surface area contributed by atoms with Gasteiger partial charge < -0.3 is 4.74 Å². The Morgan fingerprint density at radius 2 is 1.46 bits per heavy atom. The van der Waals surface area contributed by atoms with E-state index in [0.717, 1.165) is 12.1 Å². The second-order valence-electron chi connectivity index (χ2n) is 5.68. The number of hydrazone groups is 1. The Bertz CT molecular complexity index is 1030. The van der Waals surface area contributed by atoms with Gasteiger partial charge in [-0.15, -0.1) is 0 Å². The molecule has 5 nitrogen and oxygen atoms in total. The molecule has 0 radical (unpaired) electrons. The van der Waals surface area contributed by atoms with E-state index in [1.807, 2.05) is 0 Å². The Hall–Kier alpha value is -3.87. The molecule has 28 heavy (non-hydrogen) atoms. The molecule has 3 aromatic carbocycles. The highest BCUT2D eigenvalue weighted by Crippen LogP contribution is 2.14. The highest BCUT2D eigenvalue weighted by atomic mass is 19.1. The van der Waals surface area contributed by atoms with Gasteiger partial charge in [0.1, 0.15) is 17.4 Å². The summed E-state index contributed by atoms with van der Waals surface area (Å²) in [6.45, 7) is 0. The third kappa shape index (κ3) is 5.07. The molecule has 0 heterocycles. The summed E-state index contributed by atoms with van der Waals surface area (Å²) in [6, 6.07) is 16.7. The fourth-order valence-electron chi connectivity index (χ4n) is 2.26. The molecule has 3 rings (SSSR count). The van der Waals surface area contributed by atoms with E-state index in [-0.39, 0.29) is 16.9 Å². The van der Waals surface area contributed by atoms with Gasteiger partial charge in [-0.1, -0.05) is 12.1 Å². The molecule has 0 saturated heterocycles. The number of halogens is 2. The van der Waals surface area contributed by atoms with Gasteiger partial charge in [-0.2, -0.15) is 5.10 Å². The third-order valence-corrected chi connectivity index (χ3v) is 3.62. The van der Waals surface area contributed by atoms with E-state index in [1.165, 1.54) is 54.7 Å². The first-order valence-corrected chi connectivity index (χ1v) is 8.18. The van der Waals surface area contributed by atoms with Crippen molar-refractivity contribution in [2.75, 3.05) is 0 Å².